The maximum absolute atomic E-state index is 12.7. The fourth-order valence-electron chi connectivity index (χ4n) is 4.86. The molecule has 30 heavy (non-hydrogen) atoms. The molecule has 2 aromatic rings. The number of likely N-dealkylation sites (N-methyl/N-ethyl adjacent to an activating group) is 1. The Hall–Kier alpha value is -3.13. The third-order valence-corrected chi connectivity index (χ3v) is 6.20. The number of nitrogens with one attached hydrogen (secondary N) is 1. The Bertz CT molecular complexity index is 1030. The van der Waals surface area contributed by atoms with Gasteiger partial charge in [-0.1, -0.05) is 0 Å². The van der Waals surface area contributed by atoms with E-state index in [0.717, 1.165) is 24.1 Å². The van der Waals surface area contributed by atoms with E-state index in [4.69, 9.17) is 28.4 Å². The summed E-state index contributed by atoms with van der Waals surface area (Å²) in [6, 6.07) is 5.27. The maximum Gasteiger partial charge on any atom is 0.339 e. The molecule has 0 aromatic heterocycles. The van der Waals surface area contributed by atoms with Gasteiger partial charge in [-0.3, -0.25) is 0 Å². The summed E-state index contributed by atoms with van der Waals surface area (Å²) in [7, 11) is 6.86. The Morgan fingerprint density at radius 3 is 2.57 bits per heavy atom. The van der Waals surface area contributed by atoms with E-state index in [0.29, 0.717) is 39.9 Å². The van der Waals surface area contributed by atoms with Crippen LogP contribution in [0.3, 0.4) is 0 Å². The summed E-state index contributed by atoms with van der Waals surface area (Å²) in [4.78, 5) is 13.9. The summed E-state index contributed by atoms with van der Waals surface area (Å²) in [5, 5.41) is 0. The Morgan fingerprint density at radius 2 is 1.83 bits per heavy atom. The molecule has 0 aliphatic carbocycles. The number of quaternary nitrogens is 1. The summed E-state index contributed by atoms with van der Waals surface area (Å²) < 4.78 is 34.2. The minimum Gasteiger partial charge on any atom is -0.493 e. The van der Waals surface area contributed by atoms with Gasteiger partial charge in [-0.25, -0.2) is 4.79 Å². The molecule has 0 radical (unpaired) electrons. The van der Waals surface area contributed by atoms with Gasteiger partial charge in [-0.05, 0) is 23.8 Å². The van der Waals surface area contributed by atoms with E-state index in [1.54, 1.807) is 33.5 Å². The molecule has 5 rings (SSSR count). The Balaban J connectivity index is 1.72. The van der Waals surface area contributed by atoms with Crippen LogP contribution in [0.4, 0.5) is 0 Å². The number of fused-ring (bicyclic) bond motifs is 3. The molecule has 3 heterocycles. The van der Waals surface area contributed by atoms with Gasteiger partial charge in [0.05, 0.1) is 51.6 Å². The first-order valence-electron chi connectivity index (χ1n) is 9.86. The molecule has 158 valence electrons. The van der Waals surface area contributed by atoms with E-state index in [-0.39, 0.29) is 18.8 Å². The lowest BCUT2D eigenvalue weighted by Gasteiger charge is -2.35. The zero-order valence-corrected chi connectivity index (χ0v) is 17.4. The number of rotatable bonds is 4. The molecular weight excluding hydrogens is 390 g/mol. The average molecular weight is 414 g/mol. The normalized spacial score (nSPS) is 23.5. The molecule has 0 fully saturated rings. The van der Waals surface area contributed by atoms with Crippen LogP contribution in [0.1, 0.15) is 39.2 Å². The van der Waals surface area contributed by atoms with Crippen molar-refractivity contribution in [2.75, 3.05) is 41.7 Å². The number of ether oxygens (including phenoxy) is 6. The molecule has 1 unspecified atom stereocenters. The molecule has 0 saturated carbocycles. The SMILES string of the molecule is COc1ccc2c(c1OC)[C@@H]([C@@H]1c3c(cc4c(c3OC)OCO4)CC[NH+]1C)OC2=O. The van der Waals surface area contributed by atoms with E-state index < -0.39 is 6.10 Å². The molecule has 3 aliphatic heterocycles. The lowest BCUT2D eigenvalue weighted by molar-refractivity contribution is -0.919. The van der Waals surface area contributed by atoms with Crippen LogP contribution in [0.15, 0.2) is 18.2 Å². The molecule has 3 atom stereocenters. The number of carbonyl (C=O) groups excluding carboxylic acids is 1. The van der Waals surface area contributed by atoms with Gasteiger partial charge in [0.1, 0.15) is 0 Å². The highest BCUT2D eigenvalue weighted by molar-refractivity contribution is 5.95. The average Bonchev–Trinajstić information content (AvgIpc) is 3.35. The molecule has 2 aromatic carbocycles. The zero-order chi connectivity index (χ0) is 21.0. The number of benzene rings is 2. The van der Waals surface area contributed by atoms with Gasteiger partial charge in [-0.2, -0.15) is 0 Å². The lowest BCUT2D eigenvalue weighted by atomic mass is 9.85. The molecule has 0 spiro atoms. The highest BCUT2D eigenvalue weighted by Gasteiger charge is 2.49. The number of carbonyl (C=O) groups is 1. The first-order chi connectivity index (χ1) is 14.6. The molecule has 8 heteroatoms. The summed E-state index contributed by atoms with van der Waals surface area (Å²) in [5.74, 6) is 2.63. The first-order valence-corrected chi connectivity index (χ1v) is 9.86. The second kappa shape index (κ2) is 6.98. The van der Waals surface area contributed by atoms with Crippen molar-refractivity contribution < 1.29 is 38.1 Å². The predicted octanol–water partition coefficient (Wildman–Crippen LogP) is 1.46. The van der Waals surface area contributed by atoms with Crippen molar-refractivity contribution >= 4 is 5.97 Å². The van der Waals surface area contributed by atoms with Crippen molar-refractivity contribution in [1.82, 2.24) is 0 Å². The highest BCUT2D eigenvalue weighted by atomic mass is 16.7. The van der Waals surface area contributed by atoms with Crippen molar-refractivity contribution in [2.45, 2.75) is 18.6 Å². The standard InChI is InChI=1S/C22H23NO7/c1-23-8-7-11-9-14-19(29-10-28-14)21(27-4)15(11)17(23)20-16-12(22(24)30-20)5-6-13(25-2)18(16)26-3/h5-6,9,17,20H,7-8,10H2,1-4H3/p+1/t17-,20-/m0/s1. The molecule has 3 aliphatic rings. The molecule has 0 amide bonds. The largest absolute Gasteiger partial charge is 0.493 e. The van der Waals surface area contributed by atoms with Gasteiger partial charge in [0, 0.05) is 6.42 Å². The van der Waals surface area contributed by atoms with Gasteiger partial charge in [-0.15, -0.1) is 0 Å². The topological polar surface area (TPSA) is 76.9 Å². The molecule has 8 nitrogen and oxygen atoms in total. The van der Waals surface area contributed by atoms with E-state index in [2.05, 4.69) is 7.05 Å². The van der Waals surface area contributed by atoms with E-state index in [1.165, 1.54) is 4.90 Å². The number of methoxy groups -OCH3 is 3. The van der Waals surface area contributed by atoms with Crippen LogP contribution in [0, 0.1) is 0 Å². The number of hydrogen-bond acceptors (Lipinski definition) is 7. The van der Waals surface area contributed by atoms with E-state index >= 15 is 0 Å². The van der Waals surface area contributed by atoms with Crippen molar-refractivity contribution in [1.29, 1.82) is 0 Å². The van der Waals surface area contributed by atoms with Gasteiger partial charge < -0.3 is 33.3 Å². The molecular formula is C22H24NO7+. The third-order valence-electron chi connectivity index (χ3n) is 6.20. The monoisotopic (exact) mass is 414 g/mol. The van der Waals surface area contributed by atoms with E-state index in [9.17, 15) is 4.79 Å². The first kappa shape index (κ1) is 18.9. The van der Waals surface area contributed by atoms with Crippen LogP contribution in [-0.2, 0) is 11.2 Å². The summed E-state index contributed by atoms with van der Waals surface area (Å²) in [6.07, 6.45) is 0.304. The van der Waals surface area contributed by atoms with E-state index in [1.807, 2.05) is 6.07 Å². The predicted molar refractivity (Wildman–Crippen MR) is 105 cm³/mol. The fourth-order valence-corrected chi connectivity index (χ4v) is 4.86. The van der Waals surface area contributed by atoms with Gasteiger partial charge in [0.25, 0.3) is 0 Å². The van der Waals surface area contributed by atoms with Crippen LogP contribution in [0.2, 0.25) is 0 Å². The maximum atomic E-state index is 12.7. The third kappa shape index (κ3) is 2.53. The van der Waals surface area contributed by atoms with Crippen molar-refractivity contribution in [3.8, 4) is 28.7 Å². The van der Waals surface area contributed by atoms with Gasteiger partial charge in [0.15, 0.2) is 35.1 Å². The zero-order valence-electron chi connectivity index (χ0n) is 17.4. The Labute approximate surface area is 174 Å². The highest BCUT2D eigenvalue weighted by Crippen LogP contribution is 2.53. The Kier molecular flexibility index (Phi) is 4.39. The number of esters is 1. The number of cyclic esters (lactones) is 1. The quantitative estimate of drug-likeness (QED) is 0.759. The van der Waals surface area contributed by atoms with Crippen molar-refractivity contribution in [2.24, 2.45) is 0 Å². The summed E-state index contributed by atoms with van der Waals surface area (Å²) >= 11 is 0. The van der Waals surface area contributed by atoms with Gasteiger partial charge in [0.2, 0.25) is 12.5 Å². The molecule has 0 bridgehead atoms. The summed E-state index contributed by atoms with van der Waals surface area (Å²) in [5.41, 5.74) is 3.29. The second-order valence-corrected chi connectivity index (χ2v) is 7.63. The smallest absolute Gasteiger partial charge is 0.339 e. The van der Waals surface area contributed by atoms with Crippen LogP contribution in [-0.4, -0.2) is 47.7 Å². The Morgan fingerprint density at radius 1 is 1.03 bits per heavy atom. The van der Waals surface area contributed by atoms with Gasteiger partial charge >= 0.3 is 5.97 Å². The minimum absolute atomic E-state index is 0.161. The van der Waals surface area contributed by atoms with Crippen LogP contribution in [0.25, 0.3) is 0 Å². The van der Waals surface area contributed by atoms with Crippen LogP contribution < -0.4 is 28.6 Å². The van der Waals surface area contributed by atoms with Crippen LogP contribution in [0.5, 0.6) is 28.7 Å². The molecule has 1 N–H and O–H groups in total. The minimum atomic E-state index is -0.550. The summed E-state index contributed by atoms with van der Waals surface area (Å²) in [6.45, 7) is 1.03. The van der Waals surface area contributed by atoms with Crippen molar-refractivity contribution in [3.63, 3.8) is 0 Å². The molecule has 0 saturated heterocycles. The van der Waals surface area contributed by atoms with Crippen LogP contribution >= 0.6 is 0 Å². The van der Waals surface area contributed by atoms with Crippen molar-refractivity contribution in [3.05, 3.63) is 40.5 Å². The fraction of sp³-hybridized carbons (Fsp3) is 0.409. The lowest BCUT2D eigenvalue weighted by Crippen LogP contribution is -3.11. The second-order valence-electron chi connectivity index (χ2n) is 7.63. The number of hydrogen-bond donors (Lipinski definition) is 1.